The van der Waals surface area contributed by atoms with Gasteiger partial charge < -0.3 is 9.80 Å². The molecule has 4 aromatic rings. The molecule has 0 aliphatic carbocycles. The number of hydrogen-bond acceptors (Lipinski definition) is 9. The number of nitriles is 1. The van der Waals surface area contributed by atoms with Crippen LogP contribution in [0, 0.1) is 17.1 Å². The van der Waals surface area contributed by atoms with E-state index in [1.807, 2.05) is 31.7 Å². The molecule has 6 rings (SSSR count). The van der Waals surface area contributed by atoms with Crippen LogP contribution in [0.15, 0.2) is 42.0 Å². The molecule has 1 saturated heterocycles. The molecule has 2 aliphatic heterocycles. The van der Waals surface area contributed by atoms with Gasteiger partial charge in [-0.3, -0.25) is 9.78 Å². The third kappa shape index (κ3) is 4.82. The van der Waals surface area contributed by atoms with Crippen LogP contribution in [-0.2, 0) is 17.6 Å². The minimum Gasteiger partial charge on any atom is -0.349 e. The second-order valence-corrected chi connectivity index (χ2v) is 11.3. The average molecular weight is 583 g/mol. The molecule has 4 bridgehead atoms. The van der Waals surface area contributed by atoms with Crippen LogP contribution < -0.4 is 10.6 Å². The van der Waals surface area contributed by atoms with Crippen LogP contribution in [0.3, 0.4) is 0 Å². The molecule has 1 fully saturated rings. The number of amides is 1. The predicted octanol–water partition coefficient (Wildman–Crippen LogP) is 3.01. The van der Waals surface area contributed by atoms with Crippen LogP contribution in [0.4, 0.5) is 10.2 Å². The fourth-order valence-corrected chi connectivity index (χ4v) is 6.05. The van der Waals surface area contributed by atoms with Crippen LogP contribution in [-0.4, -0.2) is 70.5 Å². The lowest BCUT2D eigenvalue weighted by Crippen LogP contribution is -2.59. The van der Waals surface area contributed by atoms with Gasteiger partial charge in [0.05, 0.1) is 47.2 Å². The second-order valence-electron chi connectivity index (χ2n) is 11.3. The number of carbonyl (C=O) groups excluding carboxylic acids is 1. The lowest BCUT2D eigenvalue weighted by Gasteiger charge is -2.45. The van der Waals surface area contributed by atoms with Gasteiger partial charge >= 0.3 is 5.69 Å². The van der Waals surface area contributed by atoms with E-state index in [9.17, 15) is 14.9 Å². The molecular formula is C30H31FN10O2. The first-order valence-electron chi connectivity index (χ1n) is 14.3. The maximum atomic E-state index is 15.9. The van der Waals surface area contributed by atoms with Crippen molar-refractivity contribution in [2.45, 2.75) is 64.5 Å². The summed E-state index contributed by atoms with van der Waals surface area (Å²) >= 11 is 0. The van der Waals surface area contributed by atoms with Crippen LogP contribution in [0.5, 0.6) is 0 Å². The third-order valence-corrected chi connectivity index (χ3v) is 8.12. The van der Waals surface area contributed by atoms with Gasteiger partial charge in [-0.25, -0.2) is 18.7 Å². The molecular weight excluding hydrogens is 551 g/mol. The maximum absolute atomic E-state index is 15.9. The van der Waals surface area contributed by atoms with Gasteiger partial charge in [-0.05, 0) is 55.9 Å². The minimum absolute atomic E-state index is 0.0284. The fourth-order valence-electron chi connectivity index (χ4n) is 6.05. The number of anilines is 1. The number of carbonyl (C=O) groups is 1. The van der Waals surface area contributed by atoms with Gasteiger partial charge in [0.15, 0.2) is 17.3 Å². The molecule has 4 aromatic heterocycles. The summed E-state index contributed by atoms with van der Waals surface area (Å²) in [7, 11) is 0. The topological polar surface area (TPSA) is 139 Å². The second kappa shape index (κ2) is 11.0. The van der Waals surface area contributed by atoms with E-state index in [1.54, 1.807) is 17.3 Å². The van der Waals surface area contributed by atoms with Crippen LogP contribution >= 0.6 is 0 Å². The summed E-state index contributed by atoms with van der Waals surface area (Å²) < 4.78 is 18.6. The van der Waals surface area contributed by atoms with E-state index in [0.717, 1.165) is 12.0 Å². The van der Waals surface area contributed by atoms with E-state index in [1.165, 1.54) is 21.4 Å². The summed E-state index contributed by atoms with van der Waals surface area (Å²) in [5.74, 6) is -0.828. The largest absolute Gasteiger partial charge is 0.355 e. The number of hydrogen-bond donors (Lipinski definition) is 0. The molecule has 2 atom stereocenters. The van der Waals surface area contributed by atoms with Gasteiger partial charge in [0, 0.05) is 25.3 Å². The maximum Gasteiger partial charge on any atom is 0.355 e. The normalized spacial score (nSPS) is 18.2. The highest BCUT2D eigenvalue weighted by Crippen LogP contribution is 2.33. The first-order valence-corrected chi connectivity index (χ1v) is 14.3. The standard InChI is InChI=1S/C30H31FN10O2/c1-5-24(42)39-14-18(4)38(16-21(39)9-11-32)27-22-13-23(31)29-34-28(22)41(30(43)35-27)26-19(10-12-33-25(26)17(2)3)7-6-8-20-15-40(29)37-36-20/h5,10,12-13,15,17-18,21H,1,6-9,14,16H2,2-4H3. The SMILES string of the molecule is C=CC(=O)N1CC(C)N(c2nc(=O)n3c4nc(c(F)cc24)-n2cc(nn2)CCCc2ccnc(C(C)C)c2-3)CC1CC#N. The molecule has 12 nitrogen and oxygen atoms in total. The van der Waals surface area contributed by atoms with Crippen molar-refractivity contribution >= 4 is 22.8 Å². The summed E-state index contributed by atoms with van der Waals surface area (Å²) in [4.78, 5) is 44.1. The molecule has 0 spiro atoms. The van der Waals surface area contributed by atoms with Crippen molar-refractivity contribution in [2.75, 3.05) is 18.0 Å². The van der Waals surface area contributed by atoms with Crippen molar-refractivity contribution in [3.8, 4) is 17.6 Å². The van der Waals surface area contributed by atoms with Gasteiger partial charge in [-0.15, -0.1) is 5.10 Å². The van der Waals surface area contributed by atoms with Crippen molar-refractivity contribution in [3.05, 3.63) is 70.4 Å². The summed E-state index contributed by atoms with van der Waals surface area (Å²) in [5, 5.41) is 18.2. The van der Waals surface area contributed by atoms with E-state index in [-0.39, 0.29) is 54.7 Å². The molecule has 2 aliphatic rings. The number of fused-ring (bicyclic) bond motifs is 6. The molecule has 6 heterocycles. The highest BCUT2D eigenvalue weighted by Gasteiger charge is 2.36. The lowest BCUT2D eigenvalue weighted by molar-refractivity contribution is -0.129. The quantitative estimate of drug-likeness (QED) is 0.332. The zero-order valence-corrected chi connectivity index (χ0v) is 24.2. The Hall–Kier alpha value is -4.99. The number of rotatable bonds is 4. The zero-order chi connectivity index (χ0) is 30.4. The smallest absolute Gasteiger partial charge is 0.349 e. The van der Waals surface area contributed by atoms with Crippen LogP contribution in [0.2, 0.25) is 0 Å². The van der Waals surface area contributed by atoms with Crippen molar-refractivity contribution in [2.24, 2.45) is 0 Å². The number of piperazine rings is 1. The first-order chi connectivity index (χ1) is 20.7. The molecule has 220 valence electrons. The van der Waals surface area contributed by atoms with E-state index in [0.29, 0.717) is 35.3 Å². The average Bonchev–Trinajstić information content (AvgIpc) is 3.45. The molecule has 0 saturated carbocycles. The Balaban J connectivity index is 1.64. The molecule has 0 aromatic carbocycles. The number of pyridine rings is 2. The number of halogens is 1. The first kappa shape index (κ1) is 28.1. The summed E-state index contributed by atoms with van der Waals surface area (Å²) in [6.45, 7) is 9.97. The van der Waals surface area contributed by atoms with Crippen molar-refractivity contribution in [3.63, 3.8) is 0 Å². The van der Waals surface area contributed by atoms with E-state index in [4.69, 9.17) is 4.98 Å². The third-order valence-electron chi connectivity index (χ3n) is 8.12. The Bertz CT molecular complexity index is 1860. The Morgan fingerprint density at radius 2 is 2.07 bits per heavy atom. The molecule has 13 heteroatoms. The van der Waals surface area contributed by atoms with Gasteiger partial charge in [0.2, 0.25) is 5.91 Å². The predicted molar refractivity (Wildman–Crippen MR) is 157 cm³/mol. The van der Waals surface area contributed by atoms with Crippen molar-refractivity contribution < 1.29 is 9.18 Å². The molecule has 1 amide bonds. The van der Waals surface area contributed by atoms with Gasteiger partial charge in [0.25, 0.3) is 0 Å². The zero-order valence-electron chi connectivity index (χ0n) is 24.2. The number of aryl methyl sites for hydroxylation is 2. The van der Waals surface area contributed by atoms with Crippen LogP contribution in [0.25, 0.3) is 22.5 Å². The Morgan fingerprint density at radius 1 is 1.26 bits per heavy atom. The highest BCUT2D eigenvalue weighted by atomic mass is 19.1. The van der Waals surface area contributed by atoms with Gasteiger partial charge in [-0.2, -0.15) is 14.9 Å². The molecule has 43 heavy (non-hydrogen) atoms. The van der Waals surface area contributed by atoms with Crippen molar-refractivity contribution in [1.82, 2.24) is 39.4 Å². The molecule has 0 radical (unpaired) electrons. The van der Waals surface area contributed by atoms with Gasteiger partial charge in [-0.1, -0.05) is 25.6 Å². The van der Waals surface area contributed by atoms with Crippen LogP contribution in [0.1, 0.15) is 56.5 Å². The number of aromatic nitrogens is 7. The number of nitrogens with zero attached hydrogens (tertiary/aromatic N) is 10. The molecule has 0 N–H and O–H groups in total. The van der Waals surface area contributed by atoms with Crippen molar-refractivity contribution in [1.29, 1.82) is 5.26 Å². The van der Waals surface area contributed by atoms with E-state index < -0.39 is 17.5 Å². The molecule has 2 unspecified atom stereocenters. The Labute approximate surface area is 247 Å². The monoisotopic (exact) mass is 582 g/mol. The summed E-state index contributed by atoms with van der Waals surface area (Å²) in [5.41, 5.74) is 2.52. The Kier molecular flexibility index (Phi) is 7.21. The summed E-state index contributed by atoms with van der Waals surface area (Å²) in [6, 6.07) is 4.57. The minimum atomic E-state index is -0.661. The Morgan fingerprint density at radius 3 is 2.81 bits per heavy atom. The fraction of sp³-hybridized carbons (Fsp3) is 0.400. The summed E-state index contributed by atoms with van der Waals surface area (Å²) in [6.07, 6.45) is 6.67. The van der Waals surface area contributed by atoms with E-state index in [2.05, 4.69) is 32.9 Å². The highest BCUT2D eigenvalue weighted by molar-refractivity contribution is 5.90. The van der Waals surface area contributed by atoms with Gasteiger partial charge in [0.1, 0.15) is 5.82 Å². The lowest BCUT2D eigenvalue weighted by atomic mass is 9.99. The van der Waals surface area contributed by atoms with E-state index >= 15 is 4.39 Å².